The van der Waals surface area contributed by atoms with E-state index in [-0.39, 0.29) is 0 Å². The number of carbonyl (C=O) groups excluding carboxylic acids is 1. The number of hydrogen-bond donors (Lipinski definition) is 4. The third-order valence-electron chi connectivity index (χ3n) is 1.20. The van der Waals surface area contributed by atoms with Gasteiger partial charge in [-0.25, -0.2) is 4.79 Å². The van der Waals surface area contributed by atoms with Crippen LogP contribution in [0.15, 0.2) is 0 Å². The quantitative estimate of drug-likeness (QED) is 0.352. The first-order chi connectivity index (χ1) is 4.92. The minimum atomic E-state index is -2.24. The highest BCUT2D eigenvalue weighted by Gasteiger charge is 2.35. The van der Waals surface area contributed by atoms with E-state index < -0.39 is 24.0 Å². The summed E-state index contributed by atoms with van der Waals surface area (Å²) in [5.74, 6) is -2.41. The molecular formula is C5H10N2O4. The average Bonchev–Trinajstić information content (AvgIpc) is 1.86. The first kappa shape index (κ1) is 9.86. The SMILES string of the molecule is CNC(O)(CC(N)=O)C(=O)O. The molecule has 0 radical (unpaired) electrons. The highest BCUT2D eigenvalue weighted by Crippen LogP contribution is 2.03. The number of rotatable bonds is 4. The van der Waals surface area contributed by atoms with E-state index in [9.17, 15) is 9.59 Å². The molecule has 1 amide bonds. The van der Waals surface area contributed by atoms with Crippen molar-refractivity contribution in [2.24, 2.45) is 5.73 Å². The molecule has 0 rings (SSSR count). The first-order valence-electron chi connectivity index (χ1n) is 2.85. The van der Waals surface area contributed by atoms with Gasteiger partial charge in [0.05, 0.1) is 6.42 Å². The maximum atomic E-state index is 10.3. The van der Waals surface area contributed by atoms with Gasteiger partial charge in [0.15, 0.2) is 0 Å². The van der Waals surface area contributed by atoms with Crippen molar-refractivity contribution in [2.45, 2.75) is 12.1 Å². The molecule has 0 aromatic carbocycles. The van der Waals surface area contributed by atoms with Gasteiger partial charge in [-0.1, -0.05) is 0 Å². The number of aliphatic carboxylic acids is 1. The van der Waals surface area contributed by atoms with Crippen LogP contribution < -0.4 is 11.1 Å². The molecule has 0 aromatic heterocycles. The van der Waals surface area contributed by atoms with Crippen molar-refractivity contribution < 1.29 is 19.8 Å². The van der Waals surface area contributed by atoms with Gasteiger partial charge in [0, 0.05) is 0 Å². The lowest BCUT2D eigenvalue weighted by Crippen LogP contribution is -2.52. The van der Waals surface area contributed by atoms with Crippen LogP contribution >= 0.6 is 0 Å². The lowest BCUT2D eigenvalue weighted by Gasteiger charge is -2.20. The number of hydrogen-bond acceptors (Lipinski definition) is 4. The van der Waals surface area contributed by atoms with E-state index in [4.69, 9.17) is 10.2 Å². The molecule has 0 fully saturated rings. The van der Waals surface area contributed by atoms with Crippen LogP contribution in [-0.2, 0) is 9.59 Å². The first-order valence-corrected chi connectivity index (χ1v) is 2.85. The summed E-state index contributed by atoms with van der Waals surface area (Å²) in [4.78, 5) is 20.5. The Bertz CT molecular complexity index is 181. The molecule has 0 saturated heterocycles. The van der Waals surface area contributed by atoms with E-state index in [1.807, 2.05) is 0 Å². The van der Waals surface area contributed by atoms with Gasteiger partial charge in [-0.2, -0.15) is 0 Å². The molecule has 1 atom stereocenters. The lowest BCUT2D eigenvalue weighted by molar-refractivity contribution is -0.164. The molecule has 64 valence electrons. The van der Waals surface area contributed by atoms with Gasteiger partial charge in [0.25, 0.3) is 0 Å². The predicted octanol–water partition coefficient (Wildman–Crippen LogP) is -2.15. The summed E-state index contributed by atoms with van der Waals surface area (Å²) in [6.07, 6.45) is -0.654. The van der Waals surface area contributed by atoms with Gasteiger partial charge in [-0.05, 0) is 7.05 Å². The number of primary amides is 1. The van der Waals surface area contributed by atoms with E-state index in [0.29, 0.717) is 0 Å². The molecule has 6 nitrogen and oxygen atoms in total. The molecular weight excluding hydrogens is 152 g/mol. The Kier molecular flexibility index (Phi) is 2.97. The van der Waals surface area contributed by atoms with Crippen LogP contribution in [0.25, 0.3) is 0 Å². The maximum absolute atomic E-state index is 10.3. The second kappa shape index (κ2) is 3.31. The number of nitrogens with two attached hydrogens (primary N) is 1. The van der Waals surface area contributed by atoms with E-state index in [2.05, 4.69) is 11.1 Å². The second-order valence-corrected chi connectivity index (χ2v) is 2.06. The van der Waals surface area contributed by atoms with Crippen molar-refractivity contribution in [3.05, 3.63) is 0 Å². The Labute approximate surface area is 63.0 Å². The maximum Gasteiger partial charge on any atom is 0.351 e. The fraction of sp³-hybridized carbons (Fsp3) is 0.600. The Morgan fingerprint density at radius 3 is 2.18 bits per heavy atom. The third kappa shape index (κ3) is 2.52. The summed E-state index contributed by atoms with van der Waals surface area (Å²) in [5, 5.41) is 19.5. The van der Waals surface area contributed by atoms with Crippen molar-refractivity contribution >= 4 is 11.9 Å². The van der Waals surface area contributed by atoms with Gasteiger partial charge in [0.2, 0.25) is 11.6 Å². The van der Waals surface area contributed by atoms with Crippen molar-refractivity contribution in [3.8, 4) is 0 Å². The third-order valence-corrected chi connectivity index (χ3v) is 1.20. The summed E-state index contributed by atoms with van der Waals surface area (Å²) in [5.41, 5.74) is 2.45. The number of carboxylic acids is 1. The number of nitrogens with one attached hydrogen (secondary N) is 1. The van der Waals surface area contributed by atoms with Gasteiger partial charge in [-0.3, -0.25) is 10.1 Å². The minimum Gasteiger partial charge on any atom is -0.478 e. The molecule has 0 saturated carbocycles. The van der Waals surface area contributed by atoms with Crippen LogP contribution in [0.2, 0.25) is 0 Å². The van der Waals surface area contributed by atoms with Crippen molar-refractivity contribution in [2.75, 3.05) is 7.05 Å². The van der Waals surface area contributed by atoms with E-state index in [1.165, 1.54) is 7.05 Å². The number of likely N-dealkylation sites (N-methyl/N-ethyl adjacent to an activating group) is 1. The second-order valence-electron chi connectivity index (χ2n) is 2.06. The molecule has 1 unspecified atom stereocenters. The summed E-state index contributed by atoms with van der Waals surface area (Å²) in [7, 11) is 1.22. The van der Waals surface area contributed by atoms with Crippen LogP contribution in [0.3, 0.4) is 0 Å². The van der Waals surface area contributed by atoms with E-state index in [1.54, 1.807) is 0 Å². The fourth-order valence-corrected chi connectivity index (χ4v) is 0.523. The molecule has 0 spiro atoms. The summed E-state index contributed by atoms with van der Waals surface area (Å²) >= 11 is 0. The van der Waals surface area contributed by atoms with Gasteiger partial charge >= 0.3 is 5.97 Å². The standard InChI is InChI=1S/C5H10N2O4/c1-7-5(11,4(9)10)2-3(6)8/h7,11H,2H2,1H3,(H2,6,8)(H,9,10). The minimum absolute atomic E-state index is 0.654. The summed E-state index contributed by atoms with van der Waals surface area (Å²) in [6, 6.07) is 0. The molecule has 5 N–H and O–H groups in total. The van der Waals surface area contributed by atoms with Gasteiger partial charge < -0.3 is 15.9 Å². The number of carbonyl (C=O) groups is 2. The molecule has 11 heavy (non-hydrogen) atoms. The number of carboxylic acid groups (broad SMARTS) is 1. The zero-order chi connectivity index (χ0) is 9.07. The Balaban J connectivity index is 4.34. The zero-order valence-electron chi connectivity index (χ0n) is 6.00. The largest absolute Gasteiger partial charge is 0.478 e. The average molecular weight is 162 g/mol. The monoisotopic (exact) mass is 162 g/mol. The molecule has 6 heteroatoms. The highest BCUT2D eigenvalue weighted by molar-refractivity contribution is 5.85. The van der Waals surface area contributed by atoms with E-state index in [0.717, 1.165) is 0 Å². The zero-order valence-corrected chi connectivity index (χ0v) is 6.00. The Morgan fingerprint density at radius 1 is 1.64 bits per heavy atom. The highest BCUT2D eigenvalue weighted by atomic mass is 16.4. The Hall–Kier alpha value is -1.14. The van der Waals surface area contributed by atoms with Crippen molar-refractivity contribution in [3.63, 3.8) is 0 Å². The van der Waals surface area contributed by atoms with Crippen LogP contribution in [0, 0.1) is 0 Å². The fourth-order valence-electron chi connectivity index (χ4n) is 0.523. The molecule has 0 aliphatic carbocycles. The predicted molar refractivity (Wildman–Crippen MR) is 35.5 cm³/mol. The summed E-state index contributed by atoms with van der Waals surface area (Å²) in [6.45, 7) is 0. The van der Waals surface area contributed by atoms with Crippen LogP contribution in [-0.4, -0.2) is 34.9 Å². The van der Waals surface area contributed by atoms with E-state index >= 15 is 0 Å². The van der Waals surface area contributed by atoms with Crippen molar-refractivity contribution in [1.29, 1.82) is 0 Å². The van der Waals surface area contributed by atoms with Crippen LogP contribution in [0.1, 0.15) is 6.42 Å². The lowest BCUT2D eigenvalue weighted by atomic mass is 10.1. The van der Waals surface area contributed by atoms with Gasteiger partial charge in [0.1, 0.15) is 0 Å². The molecule has 0 aromatic rings. The molecule has 0 heterocycles. The van der Waals surface area contributed by atoms with Crippen molar-refractivity contribution in [1.82, 2.24) is 5.32 Å². The molecule has 0 bridgehead atoms. The number of amides is 1. The smallest absolute Gasteiger partial charge is 0.351 e. The normalized spacial score (nSPS) is 15.5. The number of aliphatic hydroxyl groups is 1. The topological polar surface area (TPSA) is 113 Å². The van der Waals surface area contributed by atoms with Crippen LogP contribution in [0.5, 0.6) is 0 Å². The molecule has 0 aliphatic rings. The van der Waals surface area contributed by atoms with Gasteiger partial charge in [-0.15, -0.1) is 0 Å². The van der Waals surface area contributed by atoms with Crippen LogP contribution in [0.4, 0.5) is 0 Å². The molecule has 0 aliphatic heterocycles. The summed E-state index contributed by atoms with van der Waals surface area (Å²) < 4.78 is 0. The Morgan fingerprint density at radius 2 is 2.09 bits per heavy atom.